The van der Waals surface area contributed by atoms with E-state index in [1.165, 1.54) is 11.1 Å². The molecule has 0 aliphatic heterocycles. The Kier molecular flexibility index (Phi) is 8.05. The van der Waals surface area contributed by atoms with E-state index in [9.17, 15) is 5.11 Å². The third-order valence-corrected chi connectivity index (χ3v) is 4.47. The van der Waals surface area contributed by atoms with E-state index in [2.05, 4.69) is 46.4 Å². The zero-order valence-electron chi connectivity index (χ0n) is 15.2. The van der Waals surface area contributed by atoms with Gasteiger partial charge in [-0.25, -0.2) is 0 Å². The lowest BCUT2D eigenvalue weighted by molar-refractivity contribution is 0.0646. The molecule has 0 aliphatic rings. The molecule has 0 unspecified atom stereocenters. The van der Waals surface area contributed by atoms with Gasteiger partial charge in [-0.15, -0.1) is 6.58 Å². The van der Waals surface area contributed by atoms with Gasteiger partial charge < -0.3 is 5.11 Å². The van der Waals surface area contributed by atoms with Crippen LogP contribution in [0.25, 0.3) is 0 Å². The van der Waals surface area contributed by atoms with Crippen LogP contribution in [0.2, 0.25) is 0 Å². The molecule has 1 rings (SSSR count). The molecule has 1 heteroatoms. The molecule has 2 atom stereocenters. The molecule has 1 aromatic rings. The van der Waals surface area contributed by atoms with Crippen LogP contribution in [0.1, 0.15) is 65.0 Å². The minimum Gasteiger partial charge on any atom is -0.388 e. The Morgan fingerprint density at radius 1 is 1.13 bits per heavy atom. The fourth-order valence-corrected chi connectivity index (χ4v) is 2.69. The van der Waals surface area contributed by atoms with E-state index in [0.29, 0.717) is 0 Å². The smallest absolute Gasteiger partial charge is 0.0877 e. The fourth-order valence-electron chi connectivity index (χ4n) is 2.69. The summed E-state index contributed by atoms with van der Waals surface area (Å²) in [6.07, 6.45) is 10.0. The maximum absolute atomic E-state index is 10.7. The SMILES string of the molecule is C=C[C@@](C)(CC/C=C(\C)CCC=C(C)C)[C@H](O)c1ccccc1. The van der Waals surface area contributed by atoms with Crippen LogP contribution in [0.4, 0.5) is 0 Å². The van der Waals surface area contributed by atoms with E-state index in [-0.39, 0.29) is 5.41 Å². The van der Waals surface area contributed by atoms with Crippen LogP contribution in [0.5, 0.6) is 0 Å². The molecule has 1 N–H and O–H groups in total. The van der Waals surface area contributed by atoms with Gasteiger partial charge in [0.05, 0.1) is 6.10 Å². The molecule has 23 heavy (non-hydrogen) atoms. The van der Waals surface area contributed by atoms with Gasteiger partial charge in [0.15, 0.2) is 0 Å². The van der Waals surface area contributed by atoms with E-state index >= 15 is 0 Å². The molecule has 0 amide bonds. The largest absolute Gasteiger partial charge is 0.388 e. The summed E-state index contributed by atoms with van der Waals surface area (Å²) < 4.78 is 0. The Balaban J connectivity index is 2.61. The predicted octanol–water partition coefficient (Wildman–Crippen LogP) is 6.39. The summed E-state index contributed by atoms with van der Waals surface area (Å²) in [6.45, 7) is 12.5. The van der Waals surface area contributed by atoms with Crippen molar-refractivity contribution in [1.29, 1.82) is 0 Å². The highest BCUT2D eigenvalue weighted by Crippen LogP contribution is 2.39. The molecular weight excluding hydrogens is 280 g/mol. The molecule has 0 saturated heterocycles. The highest BCUT2D eigenvalue weighted by Gasteiger charge is 2.30. The average Bonchev–Trinajstić information content (AvgIpc) is 2.54. The molecule has 1 nitrogen and oxygen atoms in total. The van der Waals surface area contributed by atoms with Gasteiger partial charge in [-0.3, -0.25) is 0 Å². The number of benzene rings is 1. The molecule has 1 aromatic carbocycles. The molecule has 0 radical (unpaired) electrons. The number of hydrogen-bond acceptors (Lipinski definition) is 1. The summed E-state index contributed by atoms with van der Waals surface area (Å²) in [5.41, 5.74) is 3.45. The first kappa shape index (κ1) is 19.4. The van der Waals surface area contributed by atoms with Gasteiger partial charge >= 0.3 is 0 Å². The zero-order chi connectivity index (χ0) is 17.3. The van der Waals surface area contributed by atoms with Gasteiger partial charge in [0.25, 0.3) is 0 Å². The summed E-state index contributed by atoms with van der Waals surface area (Å²) in [5, 5.41) is 10.7. The first-order chi connectivity index (χ1) is 10.9. The minimum atomic E-state index is -0.513. The quantitative estimate of drug-likeness (QED) is 0.524. The van der Waals surface area contributed by atoms with Gasteiger partial charge in [0, 0.05) is 5.41 Å². The van der Waals surface area contributed by atoms with Gasteiger partial charge in [0.1, 0.15) is 0 Å². The Morgan fingerprint density at radius 2 is 1.78 bits per heavy atom. The summed E-state index contributed by atoms with van der Waals surface area (Å²) in [4.78, 5) is 0. The molecule has 0 aromatic heterocycles. The highest BCUT2D eigenvalue weighted by molar-refractivity contribution is 5.21. The molecule has 126 valence electrons. The second-order valence-electron chi connectivity index (χ2n) is 6.93. The van der Waals surface area contributed by atoms with Gasteiger partial charge in [0.2, 0.25) is 0 Å². The van der Waals surface area contributed by atoms with E-state index in [1.807, 2.05) is 36.4 Å². The first-order valence-corrected chi connectivity index (χ1v) is 8.54. The number of aliphatic hydroxyl groups is 1. The van der Waals surface area contributed by atoms with Crippen molar-refractivity contribution < 1.29 is 5.11 Å². The summed E-state index contributed by atoms with van der Waals surface area (Å²) in [6, 6.07) is 9.87. The number of hydrogen-bond donors (Lipinski definition) is 1. The third-order valence-electron chi connectivity index (χ3n) is 4.47. The van der Waals surface area contributed by atoms with Crippen LogP contribution in [0.3, 0.4) is 0 Å². The topological polar surface area (TPSA) is 20.2 Å². The standard InChI is InChI=1S/C22H32O/c1-6-22(5,21(23)20-15-8-7-9-16-20)17-11-14-19(4)13-10-12-18(2)3/h6-9,12,14-16,21,23H,1,10-11,13,17H2,2-5H3/b19-14+/t21-,22+/m1/s1. The Hall–Kier alpha value is -1.60. The molecular formula is C22H32O. The maximum Gasteiger partial charge on any atom is 0.0877 e. The monoisotopic (exact) mass is 312 g/mol. The lowest BCUT2D eigenvalue weighted by Crippen LogP contribution is -2.23. The van der Waals surface area contributed by atoms with Gasteiger partial charge in [-0.2, -0.15) is 0 Å². The van der Waals surface area contributed by atoms with Crippen LogP contribution >= 0.6 is 0 Å². The molecule has 0 bridgehead atoms. The summed E-state index contributed by atoms with van der Waals surface area (Å²) in [5.74, 6) is 0. The average molecular weight is 312 g/mol. The van der Waals surface area contributed by atoms with Crippen molar-refractivity contribution in [3.05, 3.63) is 71.8 Å². The van der Waals surface area contributed by atoms with Crippen molar-refractivity contribution in [2.24, 2.45) is 5.41 Å². The van der Waals surface area contributed by atoms with Crippen molar-refractivity contribution >= 4 is 0 Å². The minimum absolute atomic E-state index is 0.307. The molecule has 0 fully saturated rings. The third kappa shape index (κ3) is 6.58. The van der Waals surface area contributed by atoms with Crippen molar-refractivity contribution in [1.82, 2.24) is 0 Å². The van der Waals surface area contributed by atoms with E-state index in [4.69, 9.17) is 0 Å². The lowest BCUT2D eigenvalue weighted by atomic mass is 9.77. The molecule has 0 heterocycles. The molecule has 0 aliphatic carbocycles. The first-order valence-electron chi connectivity index (χ1n) is 8.54. The Morgan fingerprint density at radius 3 is 2.35 bits per heavy atom. The van der Waals surface area contributed by atoms with Crippen molar-refractivity contribution in [2.45, 2.75) is 59.5 Å². The summed E-state index contributed by atoms with van der Waals surface area (Å²) in [7, 11) is 0. The number of rotatable bonds is 9. The zero-order valence-corrected chi connectivity index (χ0v) is 15.2. The maximum atomic E-state index is 10.7. The van der Waals surface area contributed by atoms with E-state index < -0.39 is 6.10 Å². The van der Waals surface area contributed by atoms with Crippen LogP contribution < -0.4 is 0 Å². The molecule has 0 spiro atoms. The van der Waals surface area contributed by atoms with Crippen molar-refractivity contribution in [3.63, 3.8) is 0 Å². The Labute approximate surface area is 142 Å². The highest BCUT2D eigenvalue weighted by atomic mass is 16.3. The Bertz CT molecular complexity index is 534. The number of aliphatic hydroxyl groups excluding tert-OH is 1. The van der Waals surface area contributed by atoms with E-state index in [0.717, 1.165) is 31.2 Å². The van der Waals surface area contributed by atoms with Crippen LogP contribution in [0.15, 0.2) is 66.3 Å². The second kappa shape index (κ2) is 9.52. The summed E-state index contributed by atoms with van der Waals surface area (Å²) >= 11 is 0. The lowest BCUT2D eigenvalue weighted by Gasteiger charge is -2.31. The van der Waals surface area contributed by atoms with Crippen molar-refractivity contribution in [2.75, 3.05) is 0 Å². The molecule has 0 saturated carbocycles. The van der Waals surface area contributed by atoms with Crippen LogP contribution in [0, 0.1) is 5.41 Å². The number of allylic oxidation sites excluding steroid dienone is 4. The van der Waals surface area contributed by atoms with Crippen LogP contribution in [-0.4, -0.2) is 5.11 Å². The predicted molar refractivity (Wildman–Crippen MR) is 101 cm³/mol. The van der Waals surface area contributed by atoms with Gasteiger partial charge in [-0.1, -0.05) is 66.6 Å². The fraction of sp³-hybridized carbons (Fsp3) is 0.455. The second-order valence-corrected chi connectivity index (χ2v) is 6.93. The van der Waals surface area contributed by atoms with Crippen LogP contribution in [-0.2, 0) is 0 Å². The van der Waals surface area contributed by atoms with Gasteiger partial charge in [-0.05, 0) is 52.0 Å². The van der Waals surface area contributed by atoms with E-state index in [1.54, 1.807) is 0 Å². The normalized spacial score (nSPS) is 15.6. The van der Waals surface area contributed by atoms with Crippen molar-refractivity contribution in [3.8, 4) is 0 Å².